The van der Waals surface area contributed by atoms with E-state index in [1.807, 2.05) is 59.4 Å². The number of carbonyl (C=O) groups is 1. The SMILES string of the molecule is Fc1c(F)c(F)c([B-](c2c(F)c(F)c(F)c(F)c2F)(c2c(F)c(F)c(F)c(F)c2F)c2c(F)c(F)c(F)c(F)c2F)c(F)c1F.O=C(C[n+]1ccc2ccccc2c1)c1ccc(Br)cc1. The Morgan fingerprint density at radius 2 is 0.662 bits per heavy atom. The predicted octanol–water partition coefficient (Wildman–Crippen LogP) is 9.62. The highest BCUT2D eigenvalue weighted by Crippen LogP contribution is 2.31. The van der Waals surface area contributed by atoms with Crippen LogP contribution in [0.15, 0.2) is 71.5 Å². The third-order valence-electron chi connectivity index (χ3n) is 9.95. The third-order valence-corrected chi connectivity index (χ3v) is 10.5. The number of Topliss-reactive ketones (excluding diaryl/α,β-unsaturated/α-hetero) is 1. The zero-order valence-corrected chi connectivity index (χ0v) is 32.5. The molecule has 1 aromatic heterocycles. The Morgan fingerprint density at radius 3 is 0.969 bits per heavy atom. The van der Waals surface area contributed by atoms with Crippen LogP contribution in [-0.4, -0.2) is 11.9 Å². The molecule has 65 heavy (non-hydrogen) atoms. The number of ketones is 1. The Hall–Kier alpha value is -6.46. The average molecular weight is 1010 g/mol. The highest BCUT2D eigenvalue weighted by atomic mass is 79.9. The number of pyridine rings is 1. The Bertz CT molecular complexity index is 2730. The van der Waals surface area contributed by atoms with Crippen molar-refractivity contribution < 1.29 is 97.2 Å². The van der Waals surface area contributed by atoms with Crippen molar-refractivity contribution >= 4 is 60.5 Å². The van der Waals surface area contributed by atoms with E-state index < -0.39 is 144 Å². The maximum Gasteiger partial charge on any atom is 0.227 e. The van der Waals surface area contributed by atoms with Gasteiger partial charge in [-0.2, -0.15) is 4.57 Å². The fourth-order valence-corrected chi connectivity index (χ4v) is 7.31. The number of benzene rings is 6. The van der Waals surface area contributed by atoms with Gasteiger partial charge in [0.2, 0.25) is 12.3 Å². The fourth-order valence-electron chi connectivity index (χ4n) is 7.04. The van der Waals surface area contributed by atoms with E-state index in [4.69, 9.17) is 0 Å². The summed E-state index contributed by atoms with van der Waals surface area (Å²) in [5, 5.41) is 2.32. The molecule has 0 fully saturated rings. The van der Waals surface area contributed by atoms with Crippen LogP contribution in [0.4, 0.5) is 87.8 Å². The van der Waals surface area contributed by atoms with E-state index in [0.717, 1.165) is 15.4 Å². The molecule has 0 bridgehead atoms. The first-order valence-electron chi connectivity index (χ1n) is 17.3. The first kappa shape index (κ1) is 48.0. The topological polar surface area (TPSA) is 20.9 Å². The van der Waals surface area contributed by atoms with Gasteiger partial charge in [0.25, 0.3) is 0 Å². The van der Waals surface area contributed by atoms with Crippen molar-refractivity contribution in [3.8, 4) is 0 Å². The number of aromatic nitrogens is 1. The Balaban J connectivity index is 0.000000289. The van der Waals surface area contributed by atoms with Gasteiger partial charge in [-0.1, -0.05) is 46.3 Å². The van der Waals surface area contributed by atoms with Gasteiger partial charge in [-0.25, -0.2) is 87.8 Å². The smallest absolute Gasteiger partial charge is 0.227 e. The summed E-state index contributed by atoms with van der Waals surface area (Å²) in [4.78, 5) is 12.2. The van der Waals surface area contributed by atoms with Crippen LogP contribution in [0.3, 0.4) is 0 Å². The molecular weight excluding hydrogens is 993 g/mol. The minimum atomic E-state index is -7.22. The molecular formula is C41H13BBrF20NO. The van der Waals surface area contributed by atoms with E-state index >= 15 is 35.1 Å². The molecule has 0 spiro atoms. The van der Waals surface area contributed by atoms with E-state index in [1.54, 1.807) is 0 Å². The molecule has 6 aromatic carbocycles. The summed E-state index contributed by atoms with van der Waals surface area (Å²) in [5.74, 6) is -71.3. The highest BCUT2D eigenvalue weighted by molar-refractivity contribution is 9.10. The zero-order chi connectivity index (χ0) is 48.3. The summed E-state index contributed by atoms with van der Waals surface area (Å²) in [6.07, 6.45) is -3.27. The van der Waals surface area contributed by atoms with E-state index in [0.29, 0.717) is 6.54 Å². The molecule has 24 heteroatoms. The van der Waals surface area contributed by atoms with Gasteiger partial charge in [0.05, 0.1) is 0 Å². The lowest BCUT2D eigenvalue weighted by Crippen LogP contribution is -2.81. The van der Waals surface area contributed by atoms with Crippen LogP contribution in [0.5, 0.6) is 0 Å². The van der Waals surface area contributed by atoms with Gasteiger partial charge < -0.3 is 0 Å². The molecule has 0 amide bonds. The van der Waals surface area contributed by atoms with Crippen LogP contribution in [-0.2, 0) is 6.54 Å². The maximum atomic E-state index is 15.4. The average Bonchev–Trinajstić information content (AvgIpc) is 3.29. The van der Waals surface area contributed by atoms with Gasteiger partial charge in [-0.15, -0.1) is 21.9 Å². The quantitative estimate of drug-likeness (QED) is 0.0390. The maximum absolute atomic E-state index is 15.4. The standard InChI is InChI=1S/C24BF20.C17H13BrNO/c26-5-1(6(27)14(35)21(42)13(5)34)25(2-7(28)15(36)22(43)16(37)8(2)29,3-9(30)17(38)23(44)18(39)10(3)31)4-11(32)19(40)24(45)20(41)12(4)33;18-16-7-5-14(6-8-16)17(20)12-19-10-9-13-3-1-2-4-15(13)11-19/h;1-11H,12H2/q-1;+1. The van der Waals surface area contributed by atoms with Gasteiger partial charge in [-0.3, -0.25) is 4.79 Å². The number of halogens is 21. The second-order valence-corrected chi connectivity index (χ2v) is 14.4. The van der Waals surface area contributed by atoms with Crippen LogP contribution < -0.4 is 26.4 Å². The molecule has 0 unspecified atom stereocenters. The lowest BCUT2D eigenvalue weighted by molar-refractivity contribution is -0.681. The van der Waals surface area contributed by atoms with Crippen LogP contribution in [0.25, 0.3) is 10.8 Å². The van der Waals surface area contributed by atoms with Gasteiger partial charge in [0, 0.05) is 21.5 Å². The molecule has 0 N–H and O–H groups in total. The molecule has 0 radical (unpaired) electrons. The molecule has 0 aliphatic rings. The number of hydrogen-bond donors (Lipinski definition) is 0. The molecule has 0 saturated carbocycles. The van der Waals surface area contributed by atoms with Gasteiger partial charge in [-0.05, 0) is 23.6 Å². The van der Waals surface area contributed by atoms with Gasteiger partial charge >= 0.3 is 0 Å². The highest BCUT2D eigenvalue weighted by Gasteiger charge is 2.52. The summed E-state index contributed by atoms with van der Waals surface area (Å²) < 4.78 is 297. The summed E-state index contributed by atoms with van der Waals surface area (Å²) in [6.45, 7) is 0.354. The first-order valence-corrected chi connectivity index (χ1v) is 18.1. The third kappa shape index (κ3) is 7.73. The van der Waals surface area contributed by atoms with Gasteiger partial charge in [0.15, 0.2) is 82.2 Å². The zero-order valence-electron chi connectivity index (χ0n) is 30.9. The molecule has 2 nitrogen and oxygen atoms in total. The van der Waals surface area contributed by atoms with Crippen LogP contribution in [0.1, 0.15) is 10.4 Å². The second-order valence-electron chi connectivity index (χ2n) is 13.5. The molecule has 0 atom stereocenters. The molecule has 338 valence electrons. The van der Waals surface area contributed by atoms with Crippen molar-refractivity contribution in [3.63, 3.8) is 0 Å². The van der Waals surface area contributed by atoms with Crippen LogP contribution in [0.2, 0.25) is 0 Å². The van der Waals surface area contributed by atoms with E-state index in [1.165, 1.54) is 5.39 Å². The second kappa shape index (κ2) is 17.8. The van der Waals surface area contributed by atoms with Crippen LogP contribution >= 0.6 is 15.9 Å². The van der Waals surface area contributed by atoms with Crippen molar-refractivity contribution in [1.82, 2.24) is 0 Å². The monoisotopic (exact) mass is 1000 g/mol. The predicted molar refractivity (Wildman–Crippen MR) is 192 cm³/mol. The summed E-state index contributed by atoms with van der Waals surface area (Å²) in [6, 6.07) is 17.6. The van der Waals surface area contributed by atoms with E-state index in [2.05, 4.69) is 28.1 Å². The molecule has 0 aliphatic heterocycles. The molecule has 1 heterocycles. The number of nitrogens with zero attached hydrogens (tertiary/aromatic N) is 1. The Kier molecular flexibility index (Phi) is 13.2. The largest absolute Gasteiger partial charge is 0.287 e. The Morgan fingerprint density at radius 1 is 0.385 bits per heavy atom. The van der Waals surface area contributed by atoms with E-state index in [-0.39, 0.29) is 5.78 Å². The van der Waals surface area contributed by atoms with Gasteiger partial charge in [0.1, 0.15) is 52.7 Å². The number of carbonyl (C=O) groups excluding carboxylic acids is 1. The van der Waals surface area contributed by atoms with Crippen molar-refractivity contribution in [2.75, 3.05) is 0 Å². The molecule has 7 rings (SSSR count). The van der Waals surface area contributed by atoms with Crippen molar-refractivity contribution in [1.29, 1.82) is 0 Å². The summed E-state index contributed by atoms with van der Waals surface area (Å²) in [7, 11) is 0. The van der Waals surface area contributed by atoms with Crippen LogP contribution in [0, 0.1) is 116 Å². The van der Waals surface area contributed by atoms with Crippen molar-refractivity contribution in [2.24, 2.45) is 0 Å². The minimum Gasteiger partial charge on any atom is -0.287 e. The fraction of sp³-hybridized carbons (Fsp3) is 0.0244. The number of fused-ring (bicyclic) bond motifs is 1. The first-order chi connectivity index (χ1) is 30.4. The Labute approximate surface area is 357 Å². The molecule has 0 aliphatic carbocycles. The van der Waals surface area contributed by atoms with E-state index in [9.17, 15) is 57.5 Å². The normalized spacial score (nSPS) is 11.6. The lowest BCUT2D eigenvalue weighted by atomic mass is 9.12. The lowest BCUT2D eigenvalue weighted by Gasteiger charge is -2.44. The summed E-state index contributed by atoms with van der Waals surface area (Å²) in [5.41, 5.74) is -13.6. The van der Waals surface area contributed by atoms with Crippen molar-refractivity contribution in [2.45, 2.75) is 6.54 Å². The summed E-state index contributed by atoms with van der Waals surface area (Å²) >= 11 is 3.37. The van der Waals surface area contributed by atoms with Crippen molar-refractivity contribution in [3.05, 3.63) is 193 Å². The number of hydrogen-bond acceptors (Lipinski definition) is 1. The molecule has 0 saturated heterocycles. The molecule has 7 aromatic rings. The number of rotatable bonds is 7. The minimum absolute atomic E-state index is 0.109.